The standard InChI is InChI=1S/C16H16FNOS/c1-3-18-15(14-8-7-10(2)20-14)13-9-11-5-4-6-12(17)16(11)19-13/h4-9,15,18H,3H2,1-2H3. The Morgan fingerprint density at radius 1 is 1.30 bits per heavy atom. The van der Waals surface area contributed by atoms with Crippen molar-refractivity contribution in [1.82, 2.24) is 5.32 Å². The van der Waals surface area contributed by atoms with Crippen LogP contribution < -0.4 is 5.32 Å². The molecule has 0 bridgehead atoms. The topological polar surface area (TPSA) is 25.2 Å². The van der Waals surface area contributed by atoms with Gasteiger partial charge in [-0.3, -0.25) is 0 Å². The highest BCUT2D eigenvalue weighted by atomic mass is 32.1. The minimum Gasteiger partial charge on any atom is -0.456 e. The van der Waals surface area contributed by atoms with Gasteiger partial charge in [-0.25, -0.2) is 4.39 Å². The fraction of sp³-hybridized carbons (Fsp3) is 0.250. The van der Waals surface area contributed by atoms with Crippen molar-refractivity contribution in [2.24, 2.45) is 0 Å². The van der Waals surface area contributed by atoms with Crippen molar-refractivity contribution in [2.75, 3.05) is 6.54 Å². The molecule has 3 aromatic rings. The monoisotopic (exact) mass is 289 g/mol. The van der Waals surface area contributed by atoms with E-state index in [0.29, 0.717) is 5.58 Å². The first-order valence-electron chi connectivity index (χ1n) is 6.66. The van der Waals surface area contributed by atoms with Crippen LogP contribution in [0.5, 0.6) is 0 Å². The van der Waals surface area contributed by atoms with E-state index in [1.165, 1.54) is 15.8 Å². The maximum Gasteiger partial charge on any atom is 0.169 e. The molecule has 2 aromatic heterocycles. The summed E-state index contributed by atoms with van der Waals surface area (Å²) < 4.78 is 19.5. The molecule has 1 unspecified atom stereocenters. The Labute approximate surface area is 121 Å². The lowest BCUT2D eigenvalue weighted by molar-refractivity contribution is 0.468. The molecule has 0 aliphatic rings. The summed E-state index contributed by atoms with van der Waals surface area (Å²) in [6.07, 6.45) is 0. The van der Waals surface area contributed by atoms with Crippen molar-refractivity contribution in [3.05, 3.63) is 57.7 Å². The van der Waals surface area contributed by atoms with E-state index in [1.807, 2.05) is 12.1 Å². The quantitative estimate of drug-likeness (QED) is 0.757. The van der Waals surface area contributed by atoms with Gasteiger partial charge in [0.05, 0.1) is 0 Å². The second kappa shape index (κ2) is 5.38. The Morgan fingerprint density at radius 2 is 2.15 bits per heavy atom. The number of thiophene rings is 1. The predicted octanol–water partition coefficient (Wildman–Crippen LogP) is 4.64. The summed E-state index contributed by atoms with van der Waals surface area (Å²) in [6, 6.07) is 11.1. The Hall–Kier alpha value is -1.65. The maximum atomic E-state index is 13.7. The molecule has 0 aliphatic heterocycles. The van der Waals surface area contributed by atoms with E-state index in [1.54, 1.807) is 17.4 Å². The third-order valence-electron chi connectivity index (χ3n) is 3.25. The third-order valence-corrected chi connectivity index (χ3v) is 4.32. The van der Waals surface area contributed by atoms with Crippen molar-refractivity contribution < 1.29 is 8.81 Å². The van der Waals surface area contributed by atoms with E-state index in [2.05, 4.69) is 31.3 Å². The van der Waals surface area contributed by atoms with Gasteiger partial charge in [0.15, 0.2) is 11.4 Å². The maximum absolute atomic E-state index is 13.7. The summed E-state index contributed by atoms with van der Waals surface area (Å²) in [4.78, 5) is 2.44. The second-order valence-electron chi connectivity index (χ2n) is 4.75. The van der Waals surface area contributed by atoms with Gasteiger partial charge in [0.1, 0.15) is 11.8 Å². The number of aryl methyl sites for hydroxylation is 1. The van der Waals surface area contributed by atoms with Gasteiger partial charge in [-0.15, -0.1) is 11.3 Å². The molecule has 0 fully saturated rings. The predicted molar refractivity (Wildman–Crippen MR) is 80.7 cm³/mol. The first kappa shape index (κ1) is 13.3. The van der Waals surface area contributed by atoms with Crippen molar-refractivity contribution in [3.8, 4) is 0 Å². The zero-order chi connectivity index (χ0) is 14.1. The van der Waals surface area contributed by atoms with E-state index in [9.17, 15) is 4.39 Å². The third kappa shape index (κ3) is 2.37. The largest absolute Gasteiger partial charge is 0.456 e. The minimum atomic E-state index is -0.314. The van der Waals surface area contributed by atoms with E-state index in [0.717, 1.165) is 17.7 Å². The summed E-state index contributed by atoms with van der Waals surface area (Å²) in [5, 5.41) is 4.21. The normalized spacial score (nSPS) is 12.9. The van der Waals surface area contributed by atoms with Gasteiger partial charge in [-0.05, 0) is 37.7 Å². The molecular formula is C16H16FNOS. The van der Waals surface area contributed by atoms with Gasteiger partial charge in [-0.2, -0.15) is 0 Å². The second-order valence-corrected chi connectivity index (χ2v) is 6.07. The lowest BCUT2D eigenvalue weighted by Crippen LogP contribution is -2.20. The number of halogens is 1. The molecule has 0 saturated carbocycles. The van der Waals surface area contributed by atoms with Crippen molar-refractivity contribution >= 4 is 22.3 Å². The fourth-order valence-corrected chi connectivity index (χ4v) is 3.31. The number of furan rings is 1. The van der Waals surface area contributed by atoms with Crippen LogP contribution in [-0.4, -0.2) is 6.54 Å². The SMILES string of the molecule is CCNC(c1cc2cccc(F)c2o1)c1ccc(C)s1. The van der Waals surface area contributed by atoms with Crippen LogP contribution in [0.4, 0.5) is 4.39 Å². The average molecular weight is 289 g/mol. The number of nitrogens with one attached hydrogen (secondary N) is 1. The molecule has 0 saturated heterocycles. The van der Waals surface area contributed by atoms with Gasteiger partial charge in [-0.1, -0.05) is 19.1 Å². The molecule has 1 atom stereocenters. The highest BCUT2D eigenvalue weighted by Gasteiger charge is 2.20. The van der Waals surface area contributed by atoms with E-state index < -0.39 is 0 Å². The van der Waals surface area contributed by atoms with Crippen LogP contribution in [0, 0.1) is 12.7 Å². The van der Waals surface area contributed by atoms with Crippen LogP contribution >= 0.6 is 11.3 Å². The summed E-state index contributed by atoms with van der Waals surface area (Å²) in [7, 11) is 0. The Morgan fingerprint density at radius 3 is 2.80 bits per heavy atom. The number of rotatable bonds is 4. The van der Waals surface area contributed by atoms with Gasteiger partial charge in [0.25, 0.3) is 0 Å². The Bertz CT molecular complexity index is 731. The van der Waals surface area contributed by atoms with Crippen LogP contribution in [0.3, 0.4) is 0 Å². The summed E-state index contributed by atoms with van der Waals surface area (Å²) in [6.45, 7) is 4.95. The highest BCUT2D eigenvalue weighted by Crippen LogP contribution is 2.32. The van der Waals surface area contributed by atoms with Gasteiger partial charge < -0.3 is 9.73 Å². The van der Waals surface area contributed by atoms with Crippen molar-refractivity contribution in [2.45, 2.75) is 19.9 Å². The van der Waals surface area contributed by atoms with Crippen LogP contribution in [0.2, 0.25) is 0 Å². The molecule has 2 nitrogen and oxygen atoms in total. The zero-order valence-electron chi connectivity index (χ0n) is 11.4. The number of benzene rings is 1. The van der Waals surface area contributed by atoms with Gasteiger partial charge in [0.2, 0.25) is 0 Å². The molecular weight excluding hydrogens is 273 g/mol. The van der Waals surface area contributed by atoms with Crippen LogP contribution in [0.1, 0.15) is 28.5 Å². The highest BCUT2D eigenvalue weighted by molar-refractivity contribution is 7.12. The Kier molecular flexibility index (Phi) is 3.59. The lowest BCUT2D eigenvalue weighted by atomic mass is 10.1. The molecule has 4 heteroatoms. The number of fused-ring (bicyclic) bond motifs is 1. The molecule has 1 N–H and O–H groups in total. The molecule has 3 rings (SSSR count). The average Bonchev–Trinajstić information content (AvgIpc) is 3.03. The molecule has 0 aliphatic carbocycles. The Balaban J connectivity index is 2.07. The summed E-state index contributed by atoms with van der Waals surface area (Å²) >= 11 is 1.73. The molecule has 20 heavy (non-hydrogen) atoms. The zero-order valence-corrected chi connectivity index (χ0v) is 12.3. The van der Waals surface area contributed by atoms with Crippen molar-refractivity contribution in [3.63, 3.8) is 0 Å². The van der Waals surface area contributed by atoms with Crippen LogP contribution in [0.15, 0.2) is 40.8 Å². The van der Waals surface area contributed by atoms with E-state index in [-0.39, 0.29) is 11.9 Å². The van der Waals surface area contributed by atoms with Gasteiger partial charge >= 0.3 is 0 Å². The molecule has 104 valence electrons. The van der Waals surface area contributed by atoms with E-state index in [4.69, 9.17) is 4.42 Å². The molecule has 0 radical (unpaired) electrons. The van der Waals surface area contributed by atoms with Gasteiger partial charge in [0, 0.05) is 15.1 Å². The van der Waals surface area contributed by atoms with E-state index >= 15 is 0 Å². The minimum absolute atomic E-state index is 0.0227. The number of hydrogen-bond donors (Lipinski definition) is 1. The van der Waals surface area contributed by atoms with Crippen LogP contribution in [0.25, 0.3) is 11.0 Å². The first-order valence-corrected chi connectivity index (χ1v) is 7.48. The lowest BCUT2D eigenvalue weighted by Gasteiger charge is -2.13. The summed E-state index contributed by atoms with van der Waals surface area (Å²) in [5.41, 5.74) is 0.332. The molecule has 0 amide bonds. The number of hydrogen-bond acceptors (Lipinski definition) is 3. The first-order chi connectivity index (χ1) is 9.69. The molecule has 1 aromatic carbocycles. The number of para-hydroxylation sites is 1. The van der Waals surface area contributed by atoms with Crippen LogP contribution in [-0.2, 0) is 0 Å². The molecule has 0 spiro atoms. The van der Waals surface area contributed by atoms with Crippen molar-refractivity contribution in [1.29, 1.82) is 0 Å². The summed E-state index contributed by atoms with van der Waals surface area (Å²) in [5.74, 6) is 0.445. The molecule has 2 heterocycles. The smallest absolute Gasteiger partial charge is 0.169 e. The fourth-order valence-electron chi connectivity index (χ4n) is 2.34.